The van der Waals surface area contributed by atoms with Crippen LogP contribution in [0.2, 0.25) is 5.02 Å². The van der Waals surface area contributed by atoms with Crippen LogP contribution >= 0.6 is 11.6 Å². The highest BCUT2D eigenvalue weighted by Crippen LogP contribution is 2.22. The molecule has 2 N–H and O–H groups in total. The minimum atomic E-state index is -0.127. The Balaban J connectivity index is 2.14. The van der Waals surface area contributed by atoms with Gasteiger partial charge in [-0.2, -0.15) is 0 Å². The molecule has 0 fully saturated rings. The Hall–Kier alpha value is -1.75. The van der Waals surface area contributed by atoms with Crippen LogP contribution in [0.15, 0.2) is 24.3 Å². The van der Waals surface area contributed by atoms with Crippen LogP contribution in [0.1, 0.15) is 13.3 Å². The van der Waals surface area contributed by atoms with Crippen molar-refractivity contribution in [1.29, 1.82) is 0 Å². The van der Waals surface area contributed by atoms with Crippen LogP contribution in [0.4, 0.5) is 0 Å². The Morgan fingerprint density at radius 3 is 2.58 bits per heavy atom. The Morgan fingerprint density at radius 2 is 1.89 bits per heavy atom. The van der Waals surface area contributed by atoms with E-state index >= 15 is 0 Å². The molecule has 0 bridgehead atoms. The number of carbonyl (C=O) groups excluding carboxylic acids is 2. The molecular weight excluding hydrogens is 268 g/mol. The standard InChI is InChI=1S/C13H17ClN2O3/c1-10(17)15-7-8-16-13(18)6-9-19-12-5-3-2-4-11(12)14/h2-5H,6-9H2,1H3,(H,15,17)(H,16,18). The lowest BCUT2D eigenvalue weighted by atomic mass is 10.3. The molecule has 0 aromatic heterocycles. The van der Waals surface area contributed by atoms with E-state index in [0.717, 1.165) is 0 Å². The number of carbonyl (C=O) groups is 2. The van der Waals surface area contributed by atoms with Crippen molar-refractivity contribution >= 4 is 23.4 Å². The van der Waals surface area contributed by atoms with Gasteiger partial charge in [0.2, 0.25) is 11.8 Å². The molecule has 1 aromatic carbocycles. The molecule has 0 aliphatic carbocycles. The monoisotopic (exact) mass is 284 g/mol. The third-order valence-electron chi connectivity index (χ3n) is 2.24. The van der Waals surface area contributed by atoms with Crippen molar-refractivity contribution in [3.05, 3.63) is 29.3 Å². The van der Waals surface area contributed by atoms with Gasteiger partial charge in [0.1, 0.15) is 5.75 Å². The van der Waals surface area contributed by atoms with Gasteiger partial charge in [0.25, 0.3) is 0 Å². The van der Waals surface area contributed by atoms with Gasteiger partial charge < -0.3 is 15.4 Å². The van der Waals surface area contributed by atoms with Gasteiger partial charge in [-0.1, -0.05) is 23.7 Å². The van der Waals surface area contributed by atoms with Crippen molar-refractivity contribution in [3.63, 3.8) is 0 Å². The predicted molar refractivity (Wildman–Crippen MR) is 73.3 cm³/mol. The fraction of sp³-hybridized carbons (Fsp3) is 0.385. The number of hydrogen-bond donors (Lipinski definition) is 2. The summed E-state index contributed by atoms with van der Waals surface area (Å²) in [7, 11) is 0. The Kier molecular flexibility index (Phi) is 6.74. The first kappa shape index (κ1) is 15.3. The molecule has 0 atom stereocenters. The van der Waals surface area contributed by atoms with E-state index in [9.17, 15) is 9.59 Å². The second-order valence-corrected chi connectivity index (χ2v) is 4.27. The molecule has 0 spiro atoms. The van der Waals surface area contributed by atoms with Crippen molar-refractivity contribution in [2.45, 2.75) is 13.3 Å². The van der Waals surface area contributed by atoms with Crippen LogP contribution in [0.5, 0.6) is 5.75 Å². The van der Waals surface area contributed by atoms with E-state index in [2.05, 4.69) is 10.6 Å². The van der Waals surface area contributed by atoms with Crippen molar-refractivity contribution < 1.29 is 14.3 Å². The van der Waals surface area contributed by atoms with Crippen LogP contribution in [-0.2, 0) is 9.59 Å². The van der Waals surface area contributed by atoms with Crippen LogP contribution in [-0.4, -0.2) is 31.5 Å². The zero-order chi connectivity index (χ0) is 14.1. The van der Waals surface area contributed by atoms with Crippen LogP contribution < -0.4 is 15.4 Å². The van der Waals surface area contributed by atoms with Gasteiger partial charge in [0.05, 0.1) is 18.1 Å². The van der Waals surface area contributed by atoms with Crippen molar-refractivity contribution in [2.24, 2.45) is 0 Å². The number of halogens is 1. The summed E-state index contributed by atoms with van der Waals surface area (Å²) in [6.07, 6.45) is 0.241. The molecule has 0 unspecified atom stereocenters. The fourth-order valence-corrected chi connectivity index (χ4v) is 1.53. The lowest BCUT2D eigenvalue weighted by Gasteiger charge is -2.08. The van der Waals surface area contributed by atoms with Gasteiger partial charge in [0.15, 0.2) is 0 Å². The first-order valence-corrected chi connectivity index (χ1v) is 6.36. The molecule has 19 heavy (non-hydrogen) atoms. The van der Waals surface area contributed by atoms with Gasteiger partial charge in [-0.25, -0.2) is 0 Å². The van der Waals surface area contributed by atoms with E-state index in [1.807, 2.05) is 12.1 Å². The average Bonchev–Trinajstić information content (AvgIpc) is 2.37. The maximum atomic E-state index is 11.4. The molecule has 5 nitrogen and oxygen atoms in total. The summed E-state index contributed by atoms with van der Waals surface area (Å²) in [4.78, 5) is 22.0. The highest BCUT2D eigenvalue weighted by atomic mass is 35.5. The lowest BCUT2D eigenvalue weighted by Crippen LogP contribution is -2.34. The highest BCUT2D eigenvalue weighted by molar-refractivity contribution is 6.32. The summed E-state index contributed by atoms with van der Waals surface area (Å²) >= 11 is 5.91. The number of benzene rings is 1. The van der Waals surface area contributed by atoms with E-state index in [4.69, 9.17) is 16.3 Å². The average molecular weight is 285 g/mol. The van der Waals surface area contributed by atoms with E-state index in [-0.39, 0.29) is 24.8 Å². The highest BCUT2D eigenvalue weighted by Gasteiger charge is 2.03. The molecule has 0 aliphatic rings. The van der Waals surface area contributed by atoms with Gasteiger partial charge in [-0.15, -0.1) is 0 Å². The molecule has 0 saturated carbocycles. The SMILES string of the molecule is CC(=O)NCCNC(=O)CCOc1ccccc1Cl. The molecule has 1 rings (SSSR count). The number of para-hydroxylation sites is 1. The summed E-state index contributed by atoms with van der Waals surface area (Å²) in [6.45, 7) is 2.52. The Morgan fingerprint density at radius 1 is 1.21 bits per heavy atom. The molecule has 0 aliphatic heterocycles. The van der Waals surface area contributed by atoms with Gasteiger partial charge >= 0.3 is 0 Å². The van der Waals surface area contributed by atoms with E-state index in [0.29, 0.717) is 23.9 Å². The van der Waals surface area contributed by atoms with E-state index in [1.165, 1.54) is 6.92 Å². The maximum absolute atomic E-state index is 11.4. The zero-order valence-corrected chi connectivity index (χ0v) is 11.5. The molecule has 0 heterocycles. The Labute approximate surface area is 117 Å². The zero-order valence-electron chi connectivity index (χ0n) is 10.7. The normalized spacial score (nSPS) is 9.79. The molecule has 0 saturated heterocycles. The van der Waals surface area contributed by atoms with Crippen molar-refractivity contribution in [3.8, 4) is 5.75 Å². The molecule has 104 valence electrons. The largest absolute Gasteiger partial charge is 0.491 e. The quantitative estimate of drug-likeness (QED) is 0.743. The van der Waals surface area contributed by atoms with Crippen LogP contribution in [0, 0.1) is 0 Å². The molecular formula is C13H17ClN2O3. The number of rotatable bonds is 7. The second-order valence-electron chi connectivity index (χ2n) is 3.86. The maximum Gasteiger partial charge on any atom is 0.223 e. The minimum absolute atomic E-state index is 0.115. The first-order chi connectivity index (χ1) is 9.09. The topological polar surface area (TPSA) is 67.4 Å². The van der Waals surface area contributed by atoms with Crippen LogP contribution in [0.25, 0.3) is 0 Å². The summed E-state index contributed by atoms with van der Waals surface area (Å²) in [6, 6.07) is 7.10. The Bertz CT molecular complexity index is 438. The number of hydrogen-bond acceptors (Lipinski definition) is 3. The van der Waals surface area contributed by atoms with Crippen LogP contribution in [0.3, 0.4) is 0 Å². The molecule has 0 radical (unpaired) electrons. The van der Waals surface area contributed by atoms with Crippen molar-refractivity contribution in [1.82, 2.24) is 10.6 Å². The number of ether oxygens (including phenoxy) is 1. The third kappa shape index (κ3) is 6.67. The number of nitrogens with one attached hydrogen (secondary N) is 2. The van der Waals surface area contributed by atoms with Gasteiger partial charge in [0, 0.05) is 20.0 Å². The smallest absolute Gasteiger partial charge is 0.223 e. The van der Waals surface area contributed by atoms with Crippen molar-refractivity contribution in [2.75, 3.05) is 19.7 Å². The third-order valence-corrected chi connectivity index (χ3v) is 2.56. The first-order valence-electron chi connectivity index (χ1n) is 5.98. The van der Waals surface area contributed by atoms with Gasteiger partial charge in [-0.3, -0.25) is 9.59 Å². The molecule has 6 heteroatoms. The predicted octanol–water partition coefficient (Wildman–Crippen LogP) is 1.36. The molecule has 2 amide bonds. The number of amides is 2. The lowest BCUT2D eigenvalue weighted by molar-refractivity contribution is -0.122. The van der Waals surface area contributed by atoms with E-state index in [1.54, 1.807) is 12.1 Å². The fourth-order valence-electron chi connectivity index (χ4n) is 1.34. The van der Waals surface area contributed by atoms with Gasteiger partial charge in [-0.05, 0) is 12.1 Å². The summed E-state index contributed by atoms with van der Waals surface area (Å²) < 4.78 is 5.39. The molecule has 1 aromatic rings. The summed E-state index contributed by atoms with van der Waals surface area (Å²) in [5, 5.41) is 5.78. The van der Waals surface area contributed by atoms with E-state index < -0.39 is 0 Å². The summed E-state index contributed by atoms with van der Waals surface area (Å²) in [5.41, 5.74) is 0. The minimum Gasteiger partial charge on any atom is -0.491 e. The second kappa shape index (κ2) is 8.37. The summed E-state index contributed by atoms with van der Waals surface area (Å²) in [5.74, 6) is 0.323.